The van der Waals surface area contributed by atoms with Gasteiger partial charge in [-0.15, -0.1) is 0 Å². The Morgan fingerprint density at radius 2 is 1.53 bits per heavy atom. The molecule has 0 bridgehead atoms. The number of para-hydroxylation sites is 1. The molecule has 2 nitrogen and oxygen atoms in total. The van der Waals surface area contributed by atoms with Crippen molar-refractivity contribution in [2.75, 3.05) is 0 Å². The normalized spacial score (nSPS) is 9.26. The lowest BCUT2D eigenvalue weighted by Gasteiger charge is -2.06. The number of rotatable bonds is 2. The van der Waals surface area contributed by atoms with E-state index < -0.39 is 0 Å². The highest BCUT2D eigenvalue weighted by molar-refractivity contribution is 5.54. The first-order valence-electron chi connectivity index (χ1n) is 6.33. The van der Waals surface area contributed by atoms with Crippen LogP contribution in [0.3, 0.4) is 0 Å². The monoisotopic (exact) mass is 253 g/mol. The zero-order valence-corrected chi connectivity index (χ0v) is 11.6. The molecule has 2 heteroatoms. The summed E-state index contributed by atoms with van der Waals surface area (Å²) in [5.74, 6) is 0.387. The molecule has 0 aliphatic rings. The Morgan fingerprint density at radius 3 is 2.00 bits per heavy atom. The molecule has 0 unspecified atom stereocenters. The summed E-state index contributed by atoms with van der Waals surface area (Å²) in [5.41, 5.74) is 3.13. The quantitative estimate of drug-likeness (QED) is 0.560. The number of isocyanates is 1. The van der Waals surface area contributed by atoms with Crippen LogP contribution in [0.15, 0.2) is 59.6 Å². The highest BCUT2D eigenvalue weighted by Crippen LogP contribution is 2.25. The third-order valence-electron chi connectivity index (χ3n) is 2.67. The Labute approximate surface area is 114 Å². The second-order valence-electron chi connectivity index (χ2n) is 4.57. The molecule has 2 rings (SSSR count). The minimum atomic E-state index is 0.387. The van der Waals surface area contributed by atoms with Gasteiger partial charge >= 0.3 is 0 Å². The van der Waals surface area contributed by atoms with E-state index in [1.165, 1.54) is 5.56 Å². The lowest BCUT2D eigenvalue weighted by molar-refractivity contribution is 0.565. The van der Waals surface area contributed by atoms with Gasteiger partial charge in [-0.3, -0.25) is 0 Å². The van der Waals surface area contributed by atoms with E-state index in [-0.39, 0.29) is 0 Å². The molecule has 0 fully saturated rings. The van der Waals surface area contributed by atoms with Gasteiger partial charge in [-0.2, -0.15) is 4.99 Å². The molecule has 0 N–H and O–H groups in total. The average Bonchev–Trinajstić information content (AvgIpc) is 2.41. The third-order valence-corrected chi connectivity index (χ3v) is 2.67. The van der Waals surface area contributed by atoms with E-state index in [0.717, 1.165) is 11.3 Å². The van der Waals surface area contributed by atoms with Crippen molar-refractivity contribution in [2.24, 2.45) is 4.99 Å². The number of aryl methyl sites for hydroxylation is 1. The topological polar surface area (TPSA) is 29.4 Å². The molecule has 2 aromatic carbocycles. The van der Waals surface area contributed by atoms with Gasteiger partial charge in [0.25, 0.3) is 0 Å². The van der Waals surface area contributed by atoms with Crippen molar-refractivity contribution in [3.8, 4) is 0 Å². The fraction of sp³-hybridized carbons (Fsp3) is 0.235. The van der Waals surface area contributed by atoms with E-state index in [1.807, 2.05) is 42.5 Å². The summed E-state index contributed by atoms with van der Waals surface area (Å²) < 4.78 is 0. The van der Waals surface area contributed by atoms with Gasteiger partial charge < -0.3 is 0 Å². The van der Waals surface area contributed by atoms with E-state index in [4.69, 9.17) is 0 Å². The molecule has 0 aliphatic heterocycles. The molecule has 0 heterocycles. The zero-order chi connectivity index (χ0) is 14.1. The summed E-state index contributed by atoms with van der Waals surface area (Å²) in [6, 6.07) is 17.9. The Balaban J connectivity index is 0.000000218. The Kier molecular flexibility index (Phi) is 6.28. The van der Waals surface area contributed by atoms with Crippen LogP contribution < -0.4 is 0 Å². The van der Waals surface area contributed by atoms with E-state index in [9.17, 15) is 4.79 Å². The Bertz CT molecular complexity index is 540. The van der Waals surface area contributed by atoms with Crippen LogP contribution in [0, 0.1) is 6.92 Å². The van der Waals surface area contributed by atoms with Crippen LogP contribution in [-0.4, -0.2) is 6.08 Å². The lowest BCUT2D eigenvalue weighted by atomic mass is 10.0. The molecular formula is C17H19NO. The molecule has 0 radical (unpaired) electrons. The van der Waals surface area contributed by atoms with Crippen molar-refractivity contribution in [3.05, 3.63) is 65.7 Å². The second-order valence-corrected chi connectivity index (χ2v) is 4.57. The van der Waals surface area contributed by atoms with Crippen LogP contribution in [0.2, 0.25) is 0 Å². The van der Waals surface area contributed by atoms with Crippen molar-refractivity contribution in [3.63, 3.8) is 0 Å². The molecule has 0 saturated carbocycles. The first-order valence-corrected chi connectivity index (χ1v) is 6.33. The highest BCUT2D eigenvalue weighted by Gasteiger charge is 2.03. The minimum absolute atomic E-state index is 0.387. The van der Waals surface area contributed by atoms with Crippen molar-refractivity contribution in [2.45, 2.75) is 26.7 Å². The maximum absolute atomic E-state index is 10.1. The van der Waals surface area contributed by atoms with Gasteiger partial charge in [0.1, 0.15) is 0 Å². The zero-order valence-electron chi connectivity index (χ0n) is 11.6. The third kappa shape index (κ3) is 5.33. The van der Waals surface area contributed by atoms with Gasteiger partial charge in [0.05, 0.1) is 5.69 Å². The molecule has 0 saturated heterocycles. The number of hydrogen-bond acceptors (Lipinski definition) is 2. The van der Waals surface area contributed by atoms with Crippen molar-refractivity contribution >= 4 is 11.8 Å². The molecule has 2 aromatic rings. The number of aliphatic imine (C=N–C) groups is 1. The molecule has 0 amide bonds. The highest BCUT2D eigenvalue weighted by atomic mass is 16.1. The first kappa shape index (κ1) is 14.9. The number of nitrogens with zero attached hydrogens (tertiary/aromatic N) is 1. The summed E-state index contributed by atoms with van der Waals surface area (Å²) in [7, 11) is 0. The van der Waals surface area contributed by atoms with Gasteiger partial charge in [0.2, 0.25) is 6.08 Å². The van der Waals surface area contributed by atoms with Crippen molar-refractivity contribution in [1.82, 2.24) is 0 Å². The van der Waals surface area contributed by atoms with E-state index in [1.54, 1.807) is 6.08 Å². The second kappa shape index (κ2) is 8.02. The SMILES string of the molecule is CC(C)c1ccccc1N=C=O.Cc1ccccc1. The summed E-state index contributed by atoms with van der Waals surface area (Å²) in [5, 5.41) is 0. The van der Waals surface area contributed by atoms with Crippen molar-refractivity contribution < 1.29 is 4.79 Å². The number of hydrogen-bond donors (Lipinski definition) is 0. The van der Waals surface area contributed by atoms with Crippen LogP contribution in [0.1, 0.15) is 30.9 Å². The molecule has 0 aromatic heterocycles. The summed E-state index contributed by atoms with van der Waals surface area (Å²) in [6.07, 6.45) is 1.55. The van der Waals surface area contributed by atoms with E-state index in [0.29, 0.717) is 5.92 Å². The molecular weight excluding hydrogens is 234 g/mol. The van der Waals surface area contributed by atoms with Crippen molar-refractivity contribution in [1.29, 1.82) is 0 Å². The van der Waals surface area contributed by atoms with E-state index >= 15 is 0 Å². The number of benzene rings is 2. The smallest absolute Gasteiger partial charge is 0.211 e. The van der Waals surface area contributed by atoms with E-state index in [2.05, 4.69) is 37.9 Å². The summed E-state index contributed by atoms with van der Waals surface area (Å²) in [6.45, 7) is 6.22. The average molecular weight is 253 g/mol. The van der Waals surface area contributed by atoms with Crippen LogP contribution in [0.4, 0.5) is 5.69 Å². The molecule has 0 atom stereocenters. The summed E-state index contributed by atoms with van der Waals surface area (Å²) in [4.78, 5) is 13.7. The molecule has 0 aliphatic carbocycles. The van der Waals surface area contributed by atoms with Gasteiger partial charge in [-0.25, -0.2) is 4.79 Å². The predicted molar refractivity (Wildman–Crippen MR) is 79.5 cm³/mol. The van der Waals surface area contributed by atoms with Gasteiger partial charge in [-0.1, -0.05) is 67.9 Å². The first-order chi connectivity index (χ1) is 9.15. The van der Waals surface area contributed by atoms with Gasteiger partial charge in [0.15, 0.2) is 0 Å². The van der Waals surface area contributed by atoms with Crippen LogP contribution in [-0.2, 0) is 4.79 Å². The Hall–Kier alpha value is -2.18. The lowest BCUT2D eigenvalue weighted by Crippen LogP contribution is -1.86. The summed E-state index contributed by atoms with van der Waals surface area (Å²) >= 11 is 0. The van der Waals surface area contributed by atoms with Crippen LogP contribution in [0.5, 0.6) is 0 Å². The van der Waals surface area contributed by atoms with Crippen LogP contribution >= 0.6 is 0 Å². The molecule has 0 spiro atoms. The maximum atomic E-state index is 10.1. The maximum Gasteiger partial charge on any atom is 0.240 e. The standard InChI is InChI=1S/C10H11NO.C7H8/c1-8(2)9-5-3-4-6-10(9)11-7-12;1-7-5-3-2-4-6-7/h3-6,8H,1-2H3;2-6H,1H3. The van der Waals surface area contributed by atoms with Gasteiger partial charge in [-0.05, 0) is 24.5 Å². The predicted octanol–water partition coefficient (Wildman–Crippen LogP) is 4.77. The minimum Gasteiger partial charge on any atom is -0.211 e. The van der Waals surface area contributed by atoms with Gasteiger partial charge in [0, 0.05) is 0 Å². The molecule has 19 heavy (non-hydrogen) atoms. The fourth-order valence-electron chi connectivity index (χ4n) is 1.66. The fourth-order valence-corrected chi connectivity index (χ4v) is 1.66. The Morgan fingerprint density at radius 1 is 0.947 bits per heavy atom. The van der Waals surface area contributed by atoms with Crippen LogP contribution in [0.25, 0.3) is 0 Å². The molecule has 98 valence electrons. The largest absolute Gasteiger partial charge is 0.240 e. The number of carbonyl (C=O) groups excluding carboxylic acids is 1.